The fraction of sp³-hybridized carbons (Fsp3) is 0.217. The first-order chi connectivity index (χ1) is 15.2. The fourth-order valence-electron chi connectivity index (χ4n) is 3.49. The molecule has 0 aliphatic carbocycles. The lowest BCUT2D eigenvalue weighted by Crippen LogP contribution is -2.31. The molecule has 0 aliphatic rings. The molecule has 0 saturated heterocycles. The summed E-state index contributed by atoms with van der Waals surface area (Å²) in [6.07, 6.45) is 1.38. The van der Waals surface area contributed by atoms with Crippen molar-refractivity contribution >= 4 is 21.6 Å². The second-order valence-corrected chi connectivity index (χ2v) is 8.90. The molecule has 0 fully saturated rings. The second-order valence-electron chi connectivity index (χ2n) is 7.15. The van der Waals surface area contributed by atoms with Crippen molar-refractivity contribution in [1.29, 1.82) is 0 Å². The molecule has 32 heavy (non-hydrogen) atoms. The maximum absolute atomic E-state index is 13.8. The molecule has 1 heterocycles. The molecular formula is C23H22FN3O4S. The van der Waals surface area contributed by atoms with Gasteiger partial charge in [-0.25, -0.2) is 22.4 Å². The smallest absolute Gasteiger partial charge is 0.280 e. The van der Waals surface area contributed by atoms with E-state index in [9.17, 15) is 17.6 Å². The maximum Gasteiger partial charge on any atom is 0.280 e. The highest BCUT2D eigenvalue weighted by molar-refractivity contribution is 7.89. The number of nitrogens with one attached hydrogen (secondary N) is 1. The average Bonchev–Trinajstić information content (AvgIpc) is 3.03. The molecule has 2 aromatic carbocycles. The summed E-state index contributed by atoms with van der Waals surface area (Å²) in [5.41, 5.74) is 2.31. The molecule has 0 aliphatic heterocycles. The molecule has 0 unspecified atom stereocenters. The number of carbonyl (C=O) groups is 1. The van der Waals surface area contributed by atoms with Crippen LogP contribution in [0, 0.1) is 12.4 Å². The number of hydrogen-bond donors (Lipinski definition) is 1. The first-order valence-corrected chi connectivity index (χ1v) is 11.6. The largest absolute Gasteiger partial charge is 0.489 e. The van der Waals surface area contributed by atoms with Gasteiger partial charge in [0.15, 0.2) is 0 Å². The van der Waals surface area contributed by atoms with Gasteiger partial charge in [0, 0.05) is 23.9 Å². The van der Waals surface area contributed by atoms with E-state index in [4.69, 9.17) is 11.3 Å². The maximum atomic E-state index is 13.8. The van der Waals surface area contributed by atoms with Crippen LogP contribution in [0.4, 0.5) is 10.1 Å². The van der Waals surface area contributed by atoms with Crippen molar-refractivity contribution in [3.8, 4) is 16.9 Å². The van der Waals surface area contributed by atoms with Crippen LogP contribution in [0.15, 0.2) is 48.5 Å². The van der Waals surface area contributed by atoms with Crippen molar-refractivity contribution in [3.05, 3.63) is 82.7 Å². The summed E-state index contributed by atoms with van der Waals surface area (Å²) in [7, 11) is -2.16. The number of nitrogens with zero attached hydrogens (tertiary/aromatic N) is 2. The predicted octanol–water partition coefficient (Wildman–Crippen LogP) is 4.21. The second kappa shape index (κ2) is 9.24. The summed E-state index contributed by atoms with van der Waals surface area (Å²) >= 11 is 0. The predicted molar refractivity (Wildman–Crippen MR) is 120 cm³/mol. The molecule has 0 saturated carbocycles. The van der Waals surface area contributed by atoms with Gasteiger partial charge in [-0.15, -0.1) is 0 Å². The molecule has 0 spiro atoms. The molecule has 3 aromatic rings. The lowest BCUT2D eigenvalue weighted by atomic mass is 10.0. The van der Waals surface area contributed by atoms with Gasteiger partial charge in [-0.05, 0) is 30.2 Å². The van der Waals surface area contributed by atoms with E-state index in [1.165, 1.54) is 6.07 Å². The molecule has 1 N–H and O–H groups in total. The Morgan fingerprint density at radius 3 is 2.41 bits per heavy atom. The standard InChI is InChI=1S/C23H22FN3O4S/c1-5-19-21(25-2)20(22(27(19)3)23(28)26-32(4,29)30)15-10-12-17(13-11-15)31-14-16-8-6-7-9-18(16)24/h6-13H,5,14H2,1,3-4H3,(H,26,28). The third kappa shape index (κ3) is 4.81. The Balaban J connectivity index is 1.98. The Labute approximate surface area is 186 Å². The number of halogens is 1. The number of carbonyl (C=O) groups excluding carboxylic acids is 1. The highest BCUT2D eigenvalue weighted by Crippen LogP contribution is 2.40. The van der Waals surface area contributed by atoms with E-state index in [2.05, 4.69) is 4.85 Å². The molecule has 1 amide bonds. The van der Waals surface area contributed by atoms with Crippen LogP contribution in [0.5, 0.6) is 5.75 Å². The summed E-state index contributed by atoms with van der Waals surface area (Å²) in [5.74, 6) is -0.687. The Hall–Kier alpha value is -3.64. The monoisotopic (exact) mass is 455 g/mol. The van der Waals surface area contributed by atoms with Crippen LogP contribution in [-0.2, 0) is 30.1 Å². The van der Waals surface area contributed by atoms with E-state index in [0.717, 1.165) is 6.26 Å². The zero-order chi connectivity index (χ0) is 23.5. The van der Waals surface area contributed by atoms with Crippen LogP contribution in [-0.4, -0.2) is 25.1 Å². The van der Waals surface area contributed by atoms with Crippen LogP contribution in [0.2, 0.25) is 0 Å². The Bertz CT molecular complexity index is 1310. The van der Waals surface area contributed by atoms with Gasteiger partial charge in [0.2, 0.25) is 15.7 Å². The molecule has 166 valence electrons. The van der Waals surface area contributed by atoms with Gasteiger partial charge in [0.25, 0.3) is 5.91 Å². The molecular weight excluding hydrogens is 433 g/mol. The summed E-state index contributed by atoms with van der Waals surface area (Å²) in [6, 6.07) is 13.0. The topological polar surface area (TPSA) is 81.8 Å². The van der Waals surface area contributed by atoms with Crippen molar-refractivity contribution in [1.82, 2.24) is 9.29 Å². The zero-order valence-corrected chi connectivity index (χ0v) is 18.7. The SMILES string of the molecule is [C-]#[N+]c1c(-c2ccc(OCc3ccccc3F)cc2)c(C(=O)NS(C)(=O)=O)n(C)c1CC. The van der Waals surface area contributed by atoms with E-state index in [-0.39, 0.29) is 23.8 Å². The molecule has 0 radical (unpaired) electrons. The van der Waals surface area contributed by atoms with Gasteiger partial charge in [0.05, 0.1) is 12.8 Å². The minimum absolute atomic E-state index is 0.0483. The Kier molecular flexibility index (Phi) is 6.65. The van der Waals surface area contributed by atoms with Crippen LogP contribution < -0.4 is 9.46 Å². The molecule has 0 atom stereocenters. The summed E-state index contributed by atoms with van der Waals surface area (Å²) < 4.78 is 46.2. The highest BCUT2D eigenvalue weighted by Gasteiger charge is 2.27. The van der Waals surface area contributed by atoms with Gasteiger partial charge in [-0.1, -0.05) is 37.3 Å². The quantitative estimate of drug-likeness (QED) is 0.541. The highest BCUT2D eigenvalue weighted by atomic mass is 32.2. The normalized spacial score (nSPS) is 11.1. The summed E-state index contributed by atoms with van der Waals surface area (Å²) in [6.45, 7) is 9.54. The number of rotatable bonds is 7. The van der Waals surface area contributed by atoms with Crippen LogP contribution >= 0.6 is 0 Å². The number of ether oxygens (including phenoxy) is 1. The third-order valence-corrected chi connectivity index (χ3v) is 5.48. The van der Waals surface area contributed by atoms with E-state index in [0.29, 0.717) is 34.6 Å². The van der Waals surface area contributed by atoms with Crippen LogP contribution in [0.1, 0.15) is 28.7 Å². The minimum atomic E-state index is -3.79. The van der Waals surface area contributed by atoms with Crippen molar-refractivity contribution in [3.63, 3.8) is 0 Å². The van der Waals surface area contributed by atoms with Gasteiger partial charge < -0.3 is 9.30 Å². The van der Waals surface area contributed by atoms with Crippen molar-refractivity contribution < 1.29 is 22.3 Å². The Morgan fingerprint density at radius 2 is 1.84 bits per heavy atom. The average molecular weight is 456 g/mol. The zero-order valence-electron chi connectivity index (χ0n) is 17.8. The summed E-state index contributed by atoms with van der Waals surface area (Å²) in [4.78, 5) is 16.4. The van der Waals surface area contributed by atoms with Crippen LogP contribution in [0.25, 0.3) is 16.0 Å². The van der Waals surface area contributed by atoms with Gasteiger partial charge in [0.1, 0.15) is 23.9 Å². The molecule has 9 heteroatoms. The minimum Gasteiger partial charge on any atom is -0.489 e. The first-order valence-electron chi connectivity index (χ1n) is 9.74. The van der Waals surface area contributed by atoms with E-state index >= 15 is 0 Å². The molecule has 0 bridgehead atoms. The van der Waals surface area contributed by atoms with E-state index in [1.54, 1.807) is 54.1 Å². The summed E-state index contributed by atoms with van der Waals surface area (Å²) in [5, 5.41) is 0. The van der Waals surface area contributed by atoms with Gasteiger partial charge in [-0.2, -0.15) is 0 Å². The third-order valence-electron chi connectivity index (χ3n) is 4.92. The van der Waals surface area contributed by atoms with E-state index in [1.807, 2.05) is 11.6 Å². The molecule has 3 rings (SSSR count). The first kappa shape index (κ1) is 23.0. The number of benzene rings is 2. The Morgan fingerprint density at radius 1 is 1.19 bits per heavy atom. The number of hydrogen-bond acceptors (Lipinski definition) is 4. The number of sulfonamides is 1. The molecule has 1 aromatic heterocycles. The lowest BCUT2D eigenvalue weighted by molar-refractivity contribution is 0.0974. The molecule has 7 nitrogen and oxygen atoms in total. The number of amides is 1. The fourth-order valence-corrected chi connectivity index (χ4v) is 3.93. The van der Waals surface area contributed by atoms with E-state index < -0.39 is 15.9 Å². The van der Waals surface area contributed by atoms with Crippen LogP contribution in [0.3, 0.4) is 0 Å². The van der Waals surface area contributed by atoms with Crippen molar-refractivity contribution in [2.45, 2.75) is 20.0 Å². The van der Waals surface area contributed by atoms with Gasteiger partial charge in [-0.3, -0.25) is 4.79 Å². The van der Waals surface area contributed by atoms with Gasteiger partial charge >= 0.3 is 0 Å². The number of aromatic nitrogens is 1. The van der Waals surface area contributed by atoms with Crippen molar-refractivity contribution in [2.24, 2.45) is 7.05 Å². The lowest BCUT2D eigenvalue weighted by Gasteiger charge is -2.11. The van der Waals surface area contributed by atoms with Crippen molar-refractivity contribution in [2.75, 3.05) is 6.26 Å².